The Morgan fingerprint density at radius 1 is 1.69 bits per heavy atom. The minimum absolute atomic E-state index is 0.102. The zero-order chi connectivity index (χ0) is 9.10. The fourth-order valence-corrected chi connectivity index (χ4v) is 1.18. The third-order valence-electron chi connectivity index (χ3n) is 1.87. The van der Waals surface area contributed by atoms with Gasteiger partial charge >= 0.3 is 6.09 Å². The fraction of sp³-hybridized carbons (Fsp3) is 0.500. The van der Waals surface area contributed by atoms with Gasteiger partial charge in [-0.05, 0) is 0 Å². The van der Waals surface area contributed by atoms with Crippen LogP contribution in [0.4, 0.5) is 4.79 Å². The fourth-order valence-electron chi connectivity index (χ4n) is 1.18. The van der Waals surface area contributed by atoms with Gasteiger partial charge in [-0.2, -0.15) is 0 Å². The summed E-state index contributed by atoms with van der Waals surface area (Å²) in [5.74, 6) is 0. The van der Waals surface area contributed by atoms with Crippen molar-refractivity contribution >= 4 is 6.09 Å². The molecule has 70 valence electrons. The van der Waals surface area contributed by atoms with Gasteiger partial charge in [-0.3, -0.25) is 0 Å². The van der Waals surface area contributed by atoms with Gasteiger partial charge in [-0.25, -0.2) is 14.3 Å². The van der Waals surface area contributed by atoms with E-state index in [4.69, 9.17) is 9.47 Å². The van der Waals surface area contributed by atoms with Crippen LogP contribution in [0.1, 0.15) is 6.42 Å². The lowest BCUT2D eigenvalue weighted by molar-refractivity contribution is 0.0841. The number of carbonyl (C=O) groups is 1. The van der Waals surface area contributed by atoms with Crippen LogP contribution in [0.15, 0.2) is 18.7 Å². The summed E-state index contributed by atoms with van der Waals surface area (Å²) in [4.78, 5) is 15.1. The minimum atomic E-state index is -0.395. The van der Waals surface area contributed by atoms with E-state index in [1.807, 2.05) is 0 Å². The summed E-state index contributed by atoms with van der Waals surface area (Å²) in [5, 5.41) is 0. The lowest BCUT2D eigenvalue weighted by atomic mass is 10.3. The second-order valence-corrected chi connectivity index (χ2v) is 2.84. The van der Waals surface area contributed by atoms with Crippen molar-refractivity contribution in [3.63, 3.8) is 0 Å². The number of carbonyl (C=O) groups excluding carboxylic acids is 1. The average molecular weight is 182 g/mol. The molecule has 13 heavy (non-hydrogen) atoms. The van der Waals surface area contributed by atoms with E-state index in [1.165, 1.54) is 17.1 Å². The van der Waals surface area contributed by atoms with Crippen LogP contribution in [0.25, 0.3) is 0 Å². The molecular formula is C8H10N2O3. The first kappa shape index (κ1) is 8.25. The standard InChI is InChI=1S/C8H10N2O3/c11-8(10-3-2-9-6-10)13-7-1-4-12-5-7/h2-3,6-7H,1,4-5H2/t7-/m1/s1. The Labute approximate surface area is 75.3 Å². The van der Waals surface area contributed by atoms with E-state index in [0.717, 1.165) is 6.42 Å². The SMILES string of the molecule is O=C(O[C@@H]1CCOC1)n1ccnc1. The monoisotopic (exact) mass is 182 g/mol. The summed E-state index contributed by atoms with van der Waals surface area (Å²) in [6.45, 7) is 1.17. The highest BCUT2D eigenvalue weighted by atomic mass is 16.6. The first-order valence-electron chi connectivity index (χ1n) is 4.13. The summed E-state index contributed by atoms with van der Waals surface area (Å²) in [6.07, 6.45) is 4.78. The van der Waals surface area contributed by atoms with Gasteiger partial charge in [0.1, 0.15) is 12.4 Å². The number of nitrogens with zero attached hydrogens (tertiary/aromatic N) is 2. The largest absolute Gasteiger partial charge is 0.443 e. The van der Waals surface area contributed by atoms with E-state index in [1.54, 1.807) is 6.20 Å². The molecule has 0 saturated carbocycles. The normalized spacial score (nSPS) is 21.7. The van der Waals surface area contributed by atoms with Crippen LogP contribution in [-0.4, -0.2) is 35.0 Å². The number of aromatic nitrogens is 2. The molecule has 1 saturated heterocycles. The molecule has 0 unspecified atom stereocenters. The van der Waals surface area contributed by atoms with Gasteiger partial charge in [-0.15, -0.1) is 0 Å². The van der Waals surface area contributed by atoms with Crippen LogP contribution in [0.2, 0.25) is 0 Å². The Hall–Kier alpha value is -1.36. The van der Waals surface area contributed by atoms with E-state index < -0.39 is 6.09 Å². The Morgan fingerprint density at radius 3 is 3.23 bits per heavy atom. The van der Waals surface area contributed by atoms with Crippen molar-refractivity contribution in [1.29, 1.82) is 0 Å². The first-order valence-corrected chi connectivity index (χ1v) is 4.13. The van der Waals surface area contributed by atoms with Gasteiger partial charge in [0.15, 0.2) is 0 Å². The Balaban J connectivity index is 1.91. The summed E-state index contributed by atoms with van der Waals surface area (Å²) in [6, 6.07) is 0. The molecule has 5 nitrogen and oxygen atoms in total. The topological polar surface area (TPSA) is 53.4 Å². The summed E-state index contributed by atoms with van der Waals surface area (Å²) in [5.41, 5.74) is 0. The van der Waals surface area contributed by atoms with Crippen molar-refractivity contribution in [3.05, 3.63) is 18.7 Å². The predicted molar refractivity (Wildman–Crippen MR) is 43.3 cm³/mol. The molecule has 1 aliphatic heterocycles. The van der Waals surface area contributed by atoms with Crippen molar-refractivity contribution in [2.45, 2.75) is 12.5 Å². The molecule has 0 bridgehead atoms. The van der Waals surface area contributed by atoms with Crippen molar-refractivity contribution in [2.24, 2.45) is 0 Å². The molecule has 1 aromatic rings. The number of rotatable bonds is 1. The lowest BCUT2D eigenvalue weighted by Gasteiger charge is -2.09. The number of ether oxygens (including phenoxy) is 2. The minimum Gasteiger partial charge on any atom is -0.443 e. The molecule has 0 amide bonds. The average Bonchev–Trinajstić information content (AvgIpc) is 2.74. The van der Waals surface area contributed by atoms with E-state index in [2.05, 4.69) is 4.98 Å². The highest BCUT2D eigenvalue weighted by molar-refractivity contribution is 5.70. The first-order chi connectivity index (χ1) is 6.36. The van der Waals surface area contributed by atoms with Crippen LogP contribution >= 0.6 is 0 Å². The maximum Gasteiger partial charge on any atom is 0.419 e. The Morgan fingerprint density at radius 2 is 2.62 bits per heavy atom. The van der Waals surface area contributed by atoms with Crippen molar-refractivity contribution in [2.75, 3.05) is 13.2 Å². The van der Waals surface area contributed by atoms with Crippen molar-refractivity contribution in [3.8, 4) is 0 Å². The molecule has 0 aliphatic carbocycles. The molecule has 0 N–H and O–H groups in total. The van der Waals surface area contributed by atoms with E-state index in [-0.39, 0.29) is 6.10 Å². The van der Waals surface area contributed by atoms with Crippen molar-refractivity contribution < 1.29 is 14.3 Å². The maximum absolute atomic E-state index is 11.3. The van der Waals surface area contributed by atoms with E-state index in [9.17, 15) is 4.79 Å². The third kappa shape index (κ3) is 1.86. The van der Waals surface area contributed by atoms with E-state index in [0.29, 0.717) is 13.2 Å². The molecule has 0 aromatic carbocycles. The molecule has 1 fully saturated rings. The highest BCUT2D eigenvalue weighted by Gasteiger charge is 2.20. The zero-order valence-corrected chi connectivity index (χ0v) is 7.05. The highest BCUT2D eigenvalue weighted by Crippen LogP contribution is 2.08. The molecule has 1 aliphatic rings. The van der Waals surface area contributed by atoms with Gasteiger partial charge < -0.3 is 9.47 Å². The molecule has 1 aromatic heterocycles. The molecule has 0 spiro atoms. The lowest BCUT2D eigenvalue weighted by Crippen LogP contribution is -2.21. The van der Waals surface area contributed by atoms with Crippen LogP contribution in [0.3, 0.4) is 0 Å². The quantitative estimate of drug-likeness (QED) is 0.640. The number of hydrogen-bond donors (Lipinski definition) is 0. The molecule has 0 radical (unpaired) electrons. The third-order valence-corrected chi connectivity index (χ3v) is 1.87. The molecule has 5 heteroatoms. The predicted octanol–water partition coefficient (Wildman–Crippen LogP) is 0.657. The number of hydrogen-bond acceptors (Lipinski definition) is 4. The van der Waals surface area contributed by atoms with E-state index >= 15 is 0 Å². The van der Waals surface area contributed by atoms with Crippen LogP contribution in [0, 0.1) is 0 Å². The zero-order valence-electron chi connectivity index (χ0n) is 7.05. The van der Waals surface area contributed by atoms with Crippen LogP contribution in [0.5, 0.6) is 0 Å². The summed E-state index contributed by atoms with van der Waals surface area (Å²) in [7, 11) is 0. The molecule has 2 heterocycles. The van der Waals surface area contributed by atoms with Gasteiger partial charge in [0.25, 0.3) is 0 Å². The van der Waals surface area contributed by atoms with Crippen molar-refractivity contribution in [1.82, 2.24) is 9.55 Å². The Kier molecular flexibility index (Phi) is 2.27. The molecular weight excluding hydrogens is 172 g/mol. The van der Waals surface area contributed by atoms with Crippen LogP contribution < -0.4 is 0 Å². The second kappa shape index (κ2) is 3.57. The smallest absolute Gasteiger partial charge is 0.419 e. The molecule has 2 rings (SSSR count). The van der Waals surface area contributed by atoms with Gasteiger partial charge in [0.05, 0.1) is 13.2 Å². The Bertz CT molecular complexity index is 278. The summed E-state index contributed by atoms with van der Waals surface area (Å²) >= 11 is 0. The van der Waals surface area contributed by atoms with Gasteiger partial charge in [-0.1, -0.05) is 0 Å². The maximum atomic E-state index is 11.3. The second-order valence-electron chi connectivity index (χ2n) is 2.84. The van der Waals surface area contributed by atoms with Gasteiger partial charge in [0.2, 0.25) is 0 Å². The summed E-state index contributed by atoms with van der Waals surface area (Å²) < 4.78 is 11.5. The van der Waals surface area contributed by atoms with Gasteiger partial charge in [0, 0.05) is 18.8 Å². The van der Waals surface area contributed by atoms with Crippen LogP contribution in [-0.2, 0) is 9.47 Å². The number of imidazole rings is 1. The molecule has 1 atom stereocenters.